The molecule has 5 heteroatoms. The van der Waals surface area contributed by atoms with Crippen LogP contribution < -0.4 is 0 Å². The quantitative estimate of drug-likeness (QED) is 0.869. The number of hydrogen-bond acceptors (Lipinski definition) is 3. The van der Waals surface area contributed by atoms with Crippen LogP contribution in [-0.4, -0.2) is 48.7 Å². The molecular formula is C19H27NO4. The van der Waals surface area contributed by atoms with E-state index < -0.39 is 11.4 Å². The number of hydrogen-bond donors (Lipinski definition) is 1. The number of methoxy groups -OCH3 is 1. The lowest BCUT2D eigenvalue weighted by Gasteiger charge is -2.41. The zero-order valence-electron chi connectivity index (χ0n) is 14.7. The predicted octanol–water partition coefficient (Wildman–Crippen LogP) is 2.77. The first-order valence-corrected chi connectivity index (χ1v) is 8.47. The van der Waals surface area contributed by atoms with E-state index in [2.05, 4.69) is 0 Å². The summed E-state index contributed by atoms with van der Waals surface area (Å²) in [6.07, 6.45) is 1.22. The largest absolute Gasteiger partial charge is 0.481 e. The molecule has 24 heavy (non-hydrogen) atoms. The Morgan fingerprint density at radius 3 is 2.50 bits per heavy atom. The minimum Gasteiger partial charge on any atom is -0.481 e. The molecule has 1 N–H and O–H groups in total. The highest BCUT2D eigenvalue weighted by atomic mass is 16.5. The minimum atomic E-state index is -0.999. The number of carboxylic acid groups (broad SMARTS) is 1. The lowest BCUT2D eigenvalue weighted by Crippen LogP contribution is -2.53. The molecule has 1 saturated heterocycles. The molecule has 5 nitrogen and oxygen atoms in total. The summed E-state index contributed by atoms with van der Waals surface area (Å²) in [4.78, 5) is 26.7. The summed E-state index contributed by atoms with van der Waals surface area (Å²) in [5.74, 6) is -0.984. The Balaban J connectivity index is 2.25. The van der Waals surface area contributed by atoms with Crippen molar-refractivity contribution >= 4 is 11.9 Å². The van der Waals surface area contributed by atoms with Crippen molar-refractivity contribution in [2.45, 2.75) is 32.6 Å². The van der Waals surface area contributed by atoms with Gasteiger partial charge in [0.15, 0.2) is 0 Å². The lowest BCUT2D eigenvalue weighted by molar-refractivity contribution is -0.159. The summed E-state index contributed by atoms with van der Waals surface area (Å²) in [5, 5.41) is 9.67. The van der Waals surface area contributed by atoms with Gasteiger partial charge in [0, 0.05) is 20.2 Å². The summed E-state index contributed by atoms with van der Waals surface area (Å²) in [6, 6.07) is 9.72. The van der Waals surface area contributed by atoms with Crippen LogP contribution in [-0.2, 0) is 14.3 Å². The SMILES string of the molecule is COCC1(C(=O)O)CCCN(C(=O)C(c2ccccc2)C(C)C)C1. The van der Waals surface area contributed by atoms with Gasteiger partial charge in [0.25, 0.3) is 0 Å². The van der Waals surface area contributed by atoms with Gasteiger partial charge < -0.3 is 14.7 Å². The van der Waals surface area contributed by atoms with Gasteiger partial charge >= 0.3 is 5.97 Å². The molecule has 0 saturated carbocycles. The molecular weight excluding hydrogens is 306 g/mol. The van der Waals surface area contributed by atoms with Gasteiger partial charge in [0.1, 0.15) is 5.41 Å². The van der Waals surface area contributed by atoms with E-state index >= 15 is 0 Å². The Morgan fingerprint density at radius 2 is 1.96 bits per heavy atom. The van der Waals surface area contributed by atoms with Crippen LogP contribution in [0.15, 0.2) is 30.3 Å². The van der Waals surface area contributed by atoms with Crippen LogP contribution in [0, 0.1) is 11.3 Å². The van der Waals surface area contributed by atoms with Gasteiger partial charge in [-0.25, -0.2) is 0 Å². The van der Waals surface area contributed by atoms with Crippen LogP contribution in [0.2, 0.25) is 0 Å². The first kappa shape index (κ1) is 18.5. The average molecular weight is 333 g/mol. The van der Waals surface area contributed by atoms with Crippen molar-refractivity contribution in [1.29, 1.82) is 0 Å². The minimum absolute atomic E-state index is 0.0117. The average Bonchev–Trinajstić information content (AvgIpc) is 2.56. The molecule has 1 amide bonds. The standard InChI is InChI=1S/C19H27NO4/c1-14(2)16(15-8-5-4-6-9-15)17(21)20-11-7-10-19(12-20,13-24-3)18(22)23/h4-6,8-9,14,16H,7,10-13H2,1-3H3,(H,22,23). The van der Waals surface area contributed by atoms with Crippen molar-refractivity contribution in [1.82, 2.24) is 4.90 Å². The number of amides is 1. The van der Waals surface area contributed by atoms with E-state index in [-0.39, 0.29) is 30.9 Å². The highest BCUT2D eigenvalue weighted by Gasteiger charge is 2.45. The van der Waals surface area contributed by atoms with E-state index in [9.17, 15) is 14.7 Å². The molecule has 2 atom stereocenters. The van der Waals surface area contributed by atoms with Crippen molar-refractivity contribution in [2.24, 2.45) is 11.3 Å². The zero-order chi connectivity index (χ0) is 17.7. The Morgan fingerprint density at radius 1 is 1.29 bits per heavy atom. The third-order valence-electron chi connectivity index (χ3n) is 4.85. The van der Waals surface area contributed by atoms with Gasteiger partial charge in [-0.1, -0.05) is 44.2 Å². The topological polar surface area (TPSA) is 66.8 Å². The Labute approximate surface area is 143 Å². The van der Waals surface area contributed by atoms with Crippen molar-refractivity contribution in [3.8, 4) is 0 Å². The first-order valence-electron chi connectivity index (χ1n) is 8.47. The van der Waals surface area contributed by atoms with Crippen LogP contribution in [0.5, 0.6) is 0 Å². The number of piperidine rings is 1. The number of carbonyl (C=O) groups excluding carboxylic acids is 1. The third kappa shape index (κ3) is 3.78. The normalized spacial score (nSPS) is 22.4. The van der Waals surface area contributed by atoms with E-state index in [0.29, 0.717) is 19.4 Å². The molecule has 1 heterocycles. The molecule has 1 aromatic carbocycles. The summed E-state index contributed by atoms with van der Waals surface area (Å²) in [7, 11) is 1.51. The molecule has 1 aromatic rings. The van der Waals surface area contributed by atoms with Gasteiger partial charge in [-0.05, 0) is 24.3 Å². The second kappa shape index (κ2) is 7.79. The van der Waals surface area contributed by atoms with Crippen molar-refractivity contribution in [3.63, 3.8) is 0 Å². The maximum atomic E-state index is 13.1. The summed E-state index contributed by atoms with van der Waals surface area (Å²) in [5.41, 5.74) is -0.0170. The lowest BCUT2D eigenvalue weighted by atomic mass is 9.79. The fourth-order valence-corrected chi connectivity index (χ4v) is 3.62. The van der Waals surface area contributed by atoms with Crippen LogP contribution >= 0.6 is 0 Å². The smallest absolute Gasteiger partial charge is 0.313 e. The van der Waals surface area contributed by atoms with Crippen molar-refractivity contribution in [2.75, 3.05) is 26.8 Å². The van der Waals surface area contributed by atoms with Gasteiger partial charge in [0.2, 0.25) is 5.91 Å². The van der Waals surface area contributed by atoms with Gasteiger partial charge in [0.05, 0.1) is 12.5 Å². The molecule has 1 fully saturated rings. The van der Waals surface area contributed by atoms with E-state index in [1.54, 1.807) is 4.90 Å². The summed E-state index contributed by atoms with van der Waals surface area (Å²) in [6.45, 7) is 5.00. The summed E-state index contributed by atoms with van der Waals surface area (Å²) < 4.78 is 5.15. The van der Waals surface area contributed by atoms with Gasteiger partial charge in [-0.15, -0.1) is 0 Å². The zero-order valence-corrected chi connectivity index (χ0v) is 14.7. The van der Waals surface area contributed by atoms with Crippen molar-refractivity contribution in [3.05, 3.63) is 35.9 Å². The van der Waals surface area contributed by atoms with Gasteiger partial charge in [-0.3, -0.25) is 9.59 Å². The maximum Gasteiger partial charge on any atom is 0.313 e. The number of benzene rings is 1. The predicted molar refractivity (Wildman–Crippen MR) is 91.8 cm³/mol. The highest BCUT2D eigenvalue weighted by Crippen LogP contribution is 2.34. The van der Waals surface area contributed by atoms with Crippen molar-refractivity contribution < 1.29 is 19.4 Å². The second-order valence-electron chi connectivity index (χ2n) is 7.01. The van der Waals surface area contributed by atoms with Crippen LogP contribution in [0.25, 0.3) is 0 Å². The molecule has 0 aliphatic carbocycles. The highest BCUT2D eigenvalue weighted by molar-refractivity contribution is 5.85. The maximum absolute atomic E-state index is 13.1. The molecule has 0 spiro atoms. The second-order valence-corrected chi connectivity index (χ2v) is 7.01. The van der Waals surface area contributed by atoms with E-state index in [4.69, 9.17) is 4.74 Å². The number of likely N-dealkylation sites (tertiary alicyclic amines) is 1. The fraction of sp³-hybridized carbons (Fsp3) is 0.579. The number of carboxylic acids is 1. The number of carbonyl (C=O) groups is 2. The van der Waals surface area contributed by atoms with E-state index in [1.807, 2.05) is 44.2 Å². The summed E-state index contributed by atoms with van der Waals surface area (Å²) >= 11 is 0. The molecule has 132 valence electrons. The molecule has 2 unspecified atom stereocenters. The monoisotopic (exact) mass is 333 g/mol. The molecule has 0 bridgehead atoms. The number of aliphatic carboxylic acids is 1. The Hall–Kier alpha value is -1.88. The molecule has 1 aliphatic rings. The molecule has 1 aliphatic heterocycles. The molecule has 0 aromatic heterocycles. The van der Waals surface area contributed by atoms with Crippen LogP contribution in [0.3, 0.4) is 0 Å². The molecule has 2 rings (SSSR count). The van der Waals surface area contributed by atoms with Crippen LogP contribution in [0.1, 0.15) is 38.2 Å². The Bertz CT molecular complexity index is 568. The number of nitrogens with zero attached hydrogens (tertiary/aromatic N) is 1. The number of ether oxygens (including phenoxy) is 1. The van der Waals surface area contributed by atoms with E-state index in [1.165, 1.54) is 7.11 Å². The molecule has 0 radical (unpaired) electrons. The van der Waals surface area contributed by atoms with E-state index in [0.717, 1.165) is 5.56 Å². The number of rotatable bonds is 6. The van der Waals surface area contributed by atoms with Gasteiger partial charge in [-0.2, -0.15) is 0 Å². The first-order chi connectivity index (χ1) is 11.4. The third-order valence-corrected chi connectivity index (χ3v) is 4.85. The fourth-order valence-electron chi connectivity index (χ4n) is 3.62. The Kier molecular flexibility index (Phi) is 5.99. The van der Waals surface area contributed by atoms with Crippen LogP contribution in [0.4, 0.5) is 0 Å².